The van der Waals surface area contributed by atoms with Crippen LogP contribution in [0.5, 0.6) is 0 Å². The molecule has 1 heterocycles. The number of esters is 1. The molecule has 1 aliphatic rings. The number of ether oxygens (including phenoxy) is 3. The van der Waals surface area contributed by atoms with Crippen molar-refractivity contribution in [3.8, 4) is 0 Å². The fourth-order valence-electron chi connectivity index (χ4n) is 7.72. The van der Waals surface area contributed by atoms with E-state index in [0.29, 0.717) is 12.8 Å². The van der Waals surface area contributed by atoms with Crippen molar-refractivity contribution >= 4 is 11.9 Å². The summed E-state index contributed by atoms with van der Waals surface area (Å²) < 4.78 is 17.5. The molecule has 1 amide bonds. The third-order valence-corrected chi connectivity index (χ3v) is 12.1. The molecule has 0 spiro atoms. The van der Waals surface area contributed by atoms with Gasteiger partial charge in [0.15, 0.2) is 12.4 Å². The Balaban J connectivity index is 2.79. The number of hydrogen-bond donors (Lipinski definition) is 6. The number of aliphatic hydroxyl groups excluding tert-OH is 5. The van der Waals surface area contributed by atoms with E-state index in [0.717, 1.165) is 89.9 Å². The van der Waals surface area contributed by atoms with Crippen LogP contribution in [0.25, 0.3) is 0 Å². The van der Waals surface area contributed by atoms with Gasteiger partial charge in [-0.1, -0.05) is 201 Å². The van der Waals surface area contributed by atoms with Gasteiger partial charge in [0.2, 0.25) is 5.91 Å². The molecule has 8 unspecified atom stereocenters. The number of unbranched alkanes of at least 4 members (excludes halogenated alkanes) is 18. The van der Waals surface area contributed by atoms with Crippen LogP contribution in [0.15, 0.2) is 97.2 Å². The van der Waals surface area contributed by atoms with Gasteiger partial charge in [-0.2, -0.15) is 0 Å². The van der Waals surface area contributed by atoms with Crippen molar-refractivity contribution in [2.75, 3.05) is 13.2 Å². The molecule has 11 nitrogen and oxygen atoms in total. The van der Waals surface area contributed by atoms with Crippen LogP contribution in [0, 0.1) is 0 Å². The lowest BCUT2D eigenvalue weighted by atomic mass is 9.99. The number of allylic oxidation sites excluding steroid dienone is 15. The Morgan fingerprint density at radius 2 is 1.10 bits per heavy atom. The maximum Gasteiger partial charge on any atom is 0.306 e. The molecule has 0 aromatic heterocycles. The fourth-order valence-corrected chi connectivity index (χ4v) is 7.72. The van der Waals surface area contributed by atoms with Crippen LogP contribution < -0.4 is 5.32 Å². The largest absolute Gasteiger partial charge is 0.454 e. The van der Waals surface area contributed by atoms with Crippen LogP contribution in [0.1, 0.15) is 194 Å². The first-order valence-electron chi connectivity index (χ1n) is 27.1. The highest BCUT2D eigenvalue weighted by Gasteiger charge is 2.47. The Labute approximate surface area is 418 Å². The Hall–Kier alpha value is -3.42. The monoisotopic (exact) mass is 968 g/mol. The number of rotatable bonds is 43. The third-order valence-electron chi connectivity index (χ3n) is 12.1. The molecule has 1 rings (SSSR count). The third kappa shape index (κ3) is 34.5. The zero-order valence-corrected chi connectivity index (χ0v) is 43.1. The number of nitrogens with one attached hydrogen (secondary N) is 1. The normalized spacial score (nSPS) is 20.6. The van der Waals surface area contributed by atoms with Gasteiger partial charge < -0.3 is 45.1 Å². The van der Waals surface area contributed by atoms with Crippen LogP contribution in [-0.4, -0.2) is 99.6 Å². The zero-order chi connectivity index (χ0) is 50.4. The van der Waals surface area contributed by atoms with E-state index in [9.17, 15) is 35.1 Å². The summed E-state index contributed by atoms with van der Waals surface area (Å²) in [4.78, 5) is 26.4. The SMILES string of the molecule is CC/C=C/C=C/C=C\C=C/CCCCC(O)C(=O)NC(COC1OC(CO)C(O)C(O)C1OC(=O)CCCCCC/C=C\C/C=C\C/C=C\CCCCC)C(O)/C=C/CCCCCCCCCCC. The van der Waals surface area contributed by atoms with Crippen molar-refractivity contribution in [2.24, 2.45) is 0 Å². The molecule has 69 heavy (non-hydrogen) atoms. The van der Waals surface area contributed by atoms with Gasteiger partial charge in [0.1, 0.15) is 24.4 Å². The van der Waals surface area contributed by atoms with E-state index in [1.807, 2.05) is 48.6 Å². The molecule has 8 atom stereocenters. The molecule has 0 bridgehead atoms. The summed E-state index contributed by atoms with van der Waals surface area (Å²) in [6.45, 7) is 5.53. The molecule has 394 valence electrons. The highest BCUT2D eigenvalue weighted by atomic mass is 16.7. The Morgan fingerprint density at radius 1 is 0.594 bits per heavy atom. The van der Waals surface area contributed by atoms with E-state index in [-0.39, 0.29) is 19.4 Å². The van der Waals surface area contributed by atoms with E-state index in [1.165, 1.54) is 57.8 Å². The van der Waals surface area contributed by atoms with Crippen LogP contribution in [0.4, 0.5) is 0 Å². The van der Waals surface area contributed by atoms with Crippen molar-refractivity contribution in [2.45, 2.75) is 243 Å². The minimum Gasteiger partial charge on any atom is -0.454 e. The summed E-state index contributed by atoms with van der Waals surface area (Å²) in [5.41, 5.74) is 0. The lowest BCUT2D eigenvalue weighted by Crippen LogP contribution is -2.61. The van der Waals surface area contributed by atoms with Crippen molar-refractivity contribution < 1.29 is 49.3 Å². The fraction of sp³-hybridized carbons (Fsp3) is 0.690. The summed E-state index contributed by atoms with van der Waals surface area (Å²) in [7, 11) is 0. The number of aliphatic hydroxyl groups is 5. The maximum atomic E-state index is 13.3. The number of carbonyl (C=O) groups excluding carboxylic acids is 2. The predicted molar refractivity (Wildman–Crippen MR) is 282 cm³/mol. The Bertz CT molecular complexity index is 1480. The highest BCUT2D eigenvalue weighted by molar-refractivity contribution is 5.80. The van der Waals surface area contributed by atoms with Crippen molar-refractivity contribution in [3.63, 3.8) is 0 Å². The minimum atomic E-state index is -1.63. The Morgan fingerprint density at radius 3 is 1.72 bits per heavy atom. The molecule has 0 radical (unpaired) electrons. The number of carbonyl (C=O) groups is 2. The van der Waals surface area contributed by atoms with Crippen molar-refractivity contribution in [1.82, 2.24) is 5.32 Å². The van der Waals surface area contributed by atoms with Gasteiger partial charge in [-0.25, -0.2) is 0 Å². The quantitative estimate of drug-likeness (QED) is 0.0149. The summed E-state index contributed by atoms with van der Waals surface area (Å²) in [5.74, 6) is -1.27. The number of hydrogen-bond acceptors (Lipinski definition) is 10. The molecule has 0 aromatic rings. The average Bonchev–Trinajstić information content (AvgIpc) is 3.34. The molecule has 1 saturated heterocycles. The first kappa shape index (κ1) is 63.6. The van der Waals surface area contributed by atoms with Crippen LogP contribution >= 0.6 is 0 Å². The second-order valence-corrected chi connectivity index (χ2v) is 18.3. The molecule has 11 heteroatoms. The molecule has 0 aliphatic carbocycles. The highest BCUT2D eigenvalue weighted by Crippen LogP contribution is 2.26. The smallest absolute Gasteiger partial charge is 0.306 e. The molecular formula is C58H97NO10. The van der Waals surface area contributed by atoms with Gasteiger partial charge in [0.05, 0.1) is 25.4 Å². The standard InChI is InChI=1S/C58H97NO10/c1-4-7-10-13-16-19-22-24-25-26-27-28-31-34-37-40-43-46-53(63)69-56-55(65)54(64)52(47-60)68-58(56)67-48-49(50(61)44-41-38-35-32-29-21-18-15-12-9-6-3)59-57(66)51(62)45-42-39-36-33-30-23-20-17-14-11-8-5-2/h8,11,14,16-17,19-20,23-25,27-28,30,33,41,44,49-52,54-56,58,60-62,64-65H,4-7,9-10,12-13,15,18,21-22,26,29,31-32,34-40,42-43,45-48H2,1-3H3,(H,59,66)/b11-8+,17-14+,19-16-,23-20-,25-24-,28-27-,33-30-,44-41+. The van der Waals surface area contributed by atoms with Crippen molar-refractivity contribution in [1.29, 1.82) is 0 Å². The average molecular weight is 968 g/mol. The van der Waals surface area contributed by atoms with E-state index >= 15 is 0 Å². The molecular weight excluding hydrogens is 871 g/mol. The van der Waals surface area contributed by atoms with Gasteiger partial charge in [-0.05, 0) is 83.5 Å². The molecule has 0 saturated carbocycles. The molecule has 1 fully saturated rings. The molecule has 6 N–H and O–H groups in total. The summed E-state index contributed by atoms with van der Waals surface area (Å²) in [5, 5.41) is 56.6. The summed E-state index contributed by atoms with van der Waals surface area (Å²) >= 11 is 0. The van der Waals surface area contributed by atoms with E-state index in [1.54, 1.807) is 6.08 Å². The van der Waals surface area contributed by atoms with Gasteiger partial charge in [0, 0.05) is 6.42 Å². The number of amides is 1. The second-order valence-electron chi connectivity index (χ2n) is 18.3. The van der Waals surface area contributed by atoms with E-state index in [4.69, 9.17) is 14.2 Å². The predicted octanol–water partition coefficient (Wildman–Crippen LogP) is 11.6. The lowest BCUT2D eigenvalue weighted by Gasteiger charge is -2.41. The Kier molecular flexibility index (Phi) is 42.1. The summed E-state index contributed by atoms with van der Waals surface area (Å²) in [6, 6.07) is -1.05. The van der Waals surface area contributed by atoms with Gasteiger partial charge in [0.25, 0.3) is 0 Å². The van der Waals surface area contributed by atoms with Crippen LogP contribution in [-0.2, 0) is 23.8 Å². The maximum absolute atomic E-state index is 13.3. The van der Waals surface area contributed by atoms with Gasteiger partial charge >= 0.3 is 5.97 Å². The van der Waals surface area contributed by atoms with E-state index < -0.39 is 67.4 Å². The van der Waals surface area contributed by atoms with Crippen LogP contribution in [0.3, 0.4) is 0 Å². The van der Waals surface area contributed by atoms with Gasteiger partial charge in [-0.15, -0.1) is 0 Å². The zero-order valence-electron chi connectivity index (χ0n) is 43.1. The second kappa shape index (κ2) is 45.7. The molecule has 1 aliphatic heterocycles. The van der Waals surface area contributed by atoms with Crippen LogP contribution in [0.2, 0.25) is 0 Å². The van der Waals surface area contributed by atoms with Crippen molar-refractivity contribution in [3.05, 3.63) is 97.2 Å². The lowest BCUT2D eigenvalue weighted by molar-refractivity contribution is -0.305. The topological polar surface area (TPSA) is 175 Å². The van der Waals surface area contributed by atoms with E-state index in [2.05, 4.69) is 68.6 Å². The first-order valence-corrected chi connectivity index (χ1v) is 27.1. The minimum absolute atomic E-state index is 0.0876. The summed E-state index contributed by atoms with van der Waals surface area (Å²) in [6.07, 6.45) is 48.9. The van der Waals surface area contributed by atoms with Gasteiger partial charge in [-0.3, -0.25) is 9.59 Å². The molecule has 0 aromatic carbocycles. The first-order chi connectivity index (χ1) is 33.7.